The molecule has 8 heteroatoms. The number of nitrogens with one attached hydrogen (secondary N) is 1. The van der Waals surface area contributed by atoms with Crippen molar-refractivity contribution in [1.29, 1.82) is 5.41 Å². The van der Waals surface area contributed by atoms with E-state index in [1.165, 1.54) is 42.3 Å². The van der Waals surface area contributed by atoms with Gasteiger partial charge in [0.1, 0.15) is 23.4 Å². The van der Waals surface area contributed by atoms with E-state index in [9.17, 15) is 14.7 Å². The van der Waals surface area contributed by atoms with Gasteiger partial charge in [-0.2, -0.15) is 4.99 Å². The number of amidine groups is 2. The SMILES string of the molecule is CC1=CSC2=NC(=O)C(=Cc3coc4ccc(O)cc4c3=O)C(=N)N12. The molecule has 0 spiro atoms. The summed E-state index contributed by atoms with van der Waals surface area (Å²) in [5, 5.41) is 20.3. The van der Waals surface area contributed by atoms with Crippen LogP contribution in [-0.4, -0.2) is 26.9 Å². The molecule has 2 aliphatic rings. The highest BCUT2D eigenvalue weighted by Gasteiger charge is 2.34. The number of carbonyl (C=O) groups is 1. The van der Waals surface area contributed by atoms with Crippen molar-refractivity contribution >= 4 is 45.7 Å². The average Bonchev–Trinajstić information content (AvgIpc) is 2.94. The summed E-state index contributed by atoms with van der Waals surface area (Å²) in [6.07, 6.45) is 2.53. The van der Waals surface area contributed by atoms with Gasteiger partial charge in [0.25, 0.3) is 5.91 Å². The Morgan fingerprint density at radius 3 is 2.96 bits per heavy atom. The lowest BCUT2D eigenvalue weighted by molar-refractivity contribution is -0.114. The number of phenolic OH excluding ortho intramolecular Hbond substituents is 1. The van der Waals surface area contributed by atoms with E-state index in [1.807, 2.05) is 6.92 Å². The van der Waals surface area contributed by atoms with Gasteiger partial charge in [-0.15, -0.1) is 0 Å². The number of thioether (sulfide) groups is 1. The average molecular weight is 353 g/mol. The zero-order valence-corrected chi connectivity index (χ0v) is 13.8. The van der Waals surface area contributed by atoms with E-state index in [1.54, 1.807) is 10.3 Å². The second-order valence-electron chi connectivity index (χ2n) is 5.52. The van der Waals surface area contributed by atoms with E-state index in [4.69, 9.17) is 9.83 Å². The topological polar surface area (TPSA) is 107 Å². The van der Waals surface area contributed by atoms with Crippen LogP contribution in [0.1, 0.15) is 12.5 Å². The second kappa shape index (κ2) is 5.45. The van der Waals surface area contributed by atoms with E-state index in [-0.39, 0.29) is 28.1 Å². The van der Waals surface area contributed by atoms with Crippen molar-refractivity contribution in [3.63, 3.8) is 0 Å². The molecule has 2 N–H and O–H groups in total. The monoisotopic (exact) mass is 353 g/mol. The van der Waals surface area contributed by atoms with Crippen LogP contribution in [-0.2, 0) is 4.79 Å². The molecule has 25 heavy (non-hydrogen) atoms. The van der Waals surface area contributed by atoms with Gasteiger partial charge in [0.2, 0.25) is 0 Å². The van der Waals surface area contributed by atoms with Gasteiger partial charge in [-0.05, 0) is 36.6 Å². The Kier molecular flexibility index (Phi) is 3.36. The largest absolute Gasteiger partial charge is 0.508 e. The maximum absolute atomic E-state index is 12.6. The lowest BCUT2D eigenvalue weighted by Gasteiger charge is -2.25. The van der Waals surface area contributed by atoms with E-state index >= 15 is 0 Å². The Bertz CT molecular complexity index is 1110. The van der Waals surface area contributed by atoms with Gasteiger partial charge in [-0.1, -0.05) is 11.8 Å². The number of aliphatic imine (C=N–C) groups is 1. The lowest BCUT2D eigenvalue weighted by atomic mass is 10.1. The summed E-state index contributed by atoms with van der Waals surface area (Å²) in [5.74, 6) is -0.679. The van der Waals surface area contributed by atoms with Crippen molar-refractivity contribution in [1.82, 2.24) is 4.90 Å². The molecule has 0 radical (unpaired) electrons. The fourth-order valence-corrected chi connectivity index (χ4v) is 3.49. The van der Waals surface area contributed by atoms with Crippen molar-refractivity contribution < 1.29 is 14.3 Å². The predicted octanol–water partition coefficient (Wildman–Crippen LogP) is 2.67. The predicted molar refractivity (Wildman–Crippen MR) is 95.5 cm³/mol. The minimum atomic E-state index is -0.581. The smallest absolute Gasteiger partial charge is 0.283 e. The van der Waals surface area contributed by atoms with Gasteiger partial charge in [0.05, 0.1) is 16.5 Å². The van der Waals surface area contributed by atoms with Crippen LogP contribution in [0.5, 0.6) is 5.75 Å². The third-order valence-electron chi connectivity index (χ3n) is 3.87. The molecule has 1 aromatic heterocycles. The number of phenols is 1. The Labute approximate surface area is 145 Å². The minimum Gasteiger partial charge on any atom is -0.508 e. The Morgan fingerprint density at radius 2 is 2.16 bits per heavy atom. The summed E-state index contributed by atoms with van der Waals surface area (Å²) < 4.78 is 5.40. The number of aromatic hydroxyl groups is 1. The van der Waals surface area contributed by atoms with Crippen molar-refractivity contribution in [2.75, 3.05) is 0 Å². The zero-order valence-electron chi connectivity index (χ0n) is 12.9. The van der Waals surface area contributed by atoms with Crippen molar-refractivity contribution in [3.8, 4) is 5.75 Å². The number of carbonyl (C=O) groups excluding carboxylic acids is 1. The molecule has 0 fully saturated rings. The van der Waals surface area contributed by atoms with Crippen LogP contribution in [0.4, 0.5) is 0 Å². The maximum atomic E-state index is 12.6. The van der Waals surface area contributed by atoms with Crippen LogP contribution in [0, 0.1) is 5.41 Å². The molecule has 0 saturated heterocycles. The molecule has 2 aliphatic heterocycles. The van der Waals surface area contributed by atoms with Crippen LogP contribution in [0.2, 0.25) is 0 Å². The highest BCUT2D eigenvalue weighted by molar-refractivity contribution is 8.16. The molecule has 0 bridgehead atoms. The molecule has 3 heterocycles. The highest BCUT2D eigenvalue weighted by atomic mass is 32.2. The standard InChI is InChI=1S/C17H11N3O4S/c1-8-7-25-17-19-16(23)12(15(18)20(8)17)4-9-6-24-13-3-2-10(21)5-11(13)14(9)22/h2-7,18,21H,1H3. The molecule has 124 valence electrons. The molecule has 1 aromatic carbocycles. The highest BCUT2D eigenvalue weighted by Crippen LogP contribution is 2.31. The zero-order chi connectivity index (χ0) is 17.7. The first-order chi connectivity index (χ1) is 12.0. The van der Waals surface area contributed by atoms with Crippen molar-refractivity contribution in [3.05, 3.63) is 56.9 Å². The van der Waals surface area contributed by atoms with Crippen LogP contribution in [0.15, 0.2) is 55.3 Å². The number of rotatable bonds is 1. The number of fused-ring (bicyclic) bond motifs is 2. The third-order valence-corrected chi connectivity index (χ3v) is 4.81. The Balaban J connectivity index is 1.86. The van der Waals surface area contributed by atoms with Crippen molar-refractivity contribution in [2.45, 2.75) is 6.92 Å². The summed E-state index contributed by atoms with van der Waals surface area (Å²) >= 11 is 1.27. The third kappa shape index (κ3) is 2.38. The van der Waals surface area contributed by atoms with Gasteiger partial charge in [0.15, 0.2) is 10.6 Å². The first kappa shape index (κ1) is 15.4. The summed E-state index contributed by atoms with van der Waals surface area (Å²) in [7, 11) is 0. The minimum absolute atomic E-state index is 0.00537. The number of allylic oxidation sites excluding steroid dienone is 1. The van der Waals surface area contributed by atoms with E-state index in [0.717, 1.165) is 5.70 Å². The Morgan fingerprint density at radius 1 is 1.36 bits per heavy atom. The van der Waals surface area contributed by atoms with Gasteiger partial charge in [-0.3, -0.25) is 19.9 Å². The number of hydrogen-bond acceptors (Lipinski definition) is 6. The van der Waals surface area contributed by atoms with E-state index in [2.05, 4.69) is 4.99 Å². The molecule has 0 aliphatic carbocycles. The number of benzene rings is 1. The normalized spacial score (nSPS) is 18.6. The van der Waals surface area contributed by atoms with Crippen LogP contribution in [0.25, 0.3) is 17.0 Å². The number of nitrogens with zero attached hydrogens (tertiary/aromatic N) is 2. The fourth-order valence-electron chi connectivity index (χ4n) is 2.63. The van der Waals surface area contributed by atoms with Crippen LogP contribution < -0.4 is 5.43 Å². The molecule has 1 amide bonds. The molecule has 2 aromatic rings. The van der Waals surface area contributed by atoms with Gasteiger partial charge in [-0.25, -0.2) is 0 Å². The summed E-state index contributed by atoms with van der Waals surface area (Å²) in [4.78, 5) is 30.4. The molecule has 7 nitrogen and oxygen atoms in total. The summed E-state index contributed by atoms with van der Waals surface area (Å²) in [5.41, 5.74) is 0.819. The van der Waals surface area contributed by atoms with Gasteiger partial charge >= 0.3 is 0 Å². The van der Waals surface area contributed by atoms with Gasteiger partial charge in [0, 0.05) is 5.70 Å². The van der Waals surface area contributed by atoms with E-state index in [0.29, 0.717) is 10.8 Å². The van der Waals surface area contributed by atoms with Crippen molar-refractivity contribution in [2.24, 2.45) is 4.99 Å². The van der Waals surface area contributed by atoms with E-state index < -0.39 is 11.3 Å². The quantitative estimate of drug-likeness (QED) is 0.763. The Hall–Kier alpha value is -3.13. The first-order valence-electron chi connectivity index (χ1n) is 7.27. The first-order valence-corrected chi connectivity index (χ1v) is 8.15. The van der Waals surface area contributed by atoms with Gasteiger partial charge < -0.3 is 9.52 Å². The molecule has 4 rings (SSSR count). The molecule has 0 atom stereocenters. The summed E-state index contributed by atoms with van der Waals surface area (Å²) in [6.45, 7) is 1.81. The maximum Gasteiger partial charge on any atom is 0.283 e. The number of amides is 1. The molecular weight excluding hydrogens is 342 g/mol. The van der Waals surface area contributed by atoms with Crippen LogP contribution in [0.3, 0.4) is 0 Å². The second-order valence-corrected chi connectivity index (χ2v) is 6.36. The molecule has 0 saturated carbocycles. The lowest BCUT2D eigenvalue weighted by Crippen LogP contribution is -2.38. The summed E-state index contributed by atoms with van der Waals surface area (Å²) in [6, 6.07) is 4.21. The van der Waals surface area contributed by atoms with Crippen LogP contribution >= 0.6 is 11.8 Å². The fraction of sp³-hybridized carbons (Fsp3) is 0.0588. The molecular formula is C17H11N3O4S. The number of hydrogen-bond donors (Lipinski definition) is 2. The molecule has 0 unspecified atom stereocenters.